The average Bonchev–Trinajstić information content (AvgIpc) is 3.30. The molecule has 0 N–H and O–H groups in total. The molecule has 0 amide bonds. The first-order chi connectivity index (χ1) is 15.7. The van der Waals surface area contributed by atoms with Crippen molar-refractivity contribution in [1.82, 2.24) is 5.01 Å². The molecule has 2 atom stereocenters. The summed E-state index contributed by atoms with van der Waals surface area (Å²) in [5.74, 6) is 1.35. The van der Waals surface area contributed by atoms with E-state index in [4.69, 9.17) is 19.3 Å². The van der Waals surface area contributed by atoms with Crippen LogP contribution in [0.25, 0.3) is 0 Å². The van der Waals surface area contributed by atoms with Gasteiger partial charge >= 0.3 is 5.97 Å². The second-order valence-corrected chi connectivity index (χ2v) is 7.73. The van der Waals surface area contributed by atoms with Crippen molar-refractivity contribution in [3.05, 3.63) is 95.1 Å². The Kier molecular flexibility index (Phi) is 5.27. The van der Waals surface area contributed by atoms with E-state index >= 15 is 0 Å². The van der Waals surface area contributed by atoms with Gasteiger partial charge in [-0.1, -0.05) is 30.3 Å². The molecule has 2 heterocycles. The lowest BCUT2D eigenvalue weighted by atomic mass is 9.96. The number of ether oxygens (including phenoxy) is 3. The molecule has 162 valence electrons. The third-order valence-corrected chi connectivity index (χ3v) is 5.81. The summed E-state index contributed by atoms with van der Waals surface area (Å²) in [5.41, 5.74) is 4.63. The molecule has 0 saturated heterocycles. The highest BCUT2D eigenvalue weighted by atomic mass is 16.5. The molecular weight excluding hydrogens is 404 g/mol. The molecule has 0 bridgehead atoms. The highest BCUT2D eigenvalue weighted by Crippen LogP contribution is 2.47. The number of hydrazone groups is 1. The molecule has 0 aliphatic carbocycles. The smallest absolute Gasteiger partial charge is 0.337 e. The Balaban J connectivity index is 1.50. The van der Waals surface area contributed by atoms with E-state index in [1.807, 2.05) is 54.4 Å². The van der Waals surface area contributed by atoms with Gasteiger partial charge in [0.25, 0.3) is 0 Å². The van der Waals surface area contributed by atoms with Crippen LogP contribution in [0.1, 0.15) is 52.7 Å². The van der Waals surface area contributed by atoms with E-state index in [1.54, 1.807) is 12.1 Å². The van der Waals surface area contributed by atoms with E-state index in [9.17, 15) is 4.79 Å². The topological polar surface area (TPSA) is 60.4 Å². The molecule has 32 heavy (non-hydrogen) atoms. The summed E-state index contributed by atoms with van der Waals surface area (Å²) in [6, 6.07) is 23.5. The lowest BCUT2D eigenvalue weighted by molar-refractivity contribution is -0.0190. The highest BCUT2D eigenvalue weighted by molar-refractivity contribution is 6.02. The Hall–Kier alpha value is -3.80. The molecule has 3 aromatic carbocycles. The summed E-state index contributed by atoms with van der Waals surface area (Å²) in [6.07, 6.45) is 0.396. The monoisotopic (exact) mass is 428 g/mol. The number of benzene rings is 3. The number of esters is 1. The summed E-state index contributed by atoms with van der Waals surface area (Å²) >= 11 is 0. The van der Waals surface area contributed by atoms with Crippen LogP contribution in [0, 0.1) is 0 Å². The van der Waals surface area contributed by atoms with Crippen LogP contribution in [0.3, 0.4) is 0 Å². The molecule has 0 aromatic heterocycles. The maximum Gasteiger partial charge on any atom is 0.337 e. The number of hydrogen-bond acceptors (Lipinski definition) is 6. The zero-order chi connectivity index (χ0) is 22.1. The molecule has 0 radical (unpaired) electrons. The normalized spacial score (nSPS) is 18.8. The summed E-state index contributed by atoms with van der Waals surface area (Å²) in [4.78, 5) is 11.8. The van der Waals surface area contributed by atoms with Gasteiger partial charge in [-0.3, -0.25) is 0 Å². The van der Waals surface area contributed by atoms with Gasteiger partial charge in [-0.05, 0) is 55.0 Å². The van der Waals surface area contributed by atoms with E-state index in [-0.39, 0.29) is 18.2 Å². The van der Waals surface area contributed by atoms with Crippen LogP contribution in [-0.4, -0.2) is 30.4 Å². The fourth-order valence-electron chi connectivity index (χ4n) is 4.24. The number of carbonyl (C=O) groups excluding carboxylic acids is 1. The Labute approximate surface area is 187 Å². The fourth-order valence-corrected chi connectivity index (χ4v) is 4.24. The summed E-state index contributed by atoms with van der Waals surface area (Å²) in [7, 11) is 1.38. The van der Waals surface area contributed by atoms with Crippen LogP contribution < -0.4 is 9.47 Å². The van der Waals surface area contributed by atoms with Crippen molar-refractivity contribution in [2.45, 2.75) is 25.6 Å². The summed E-state index contributed by atoms with van der Waals surface area (Å²) in [5, 5.41) is 7.01. The fraction of sp³-hybridized carbons (Fsp3) is 0.231. The van der Waals surface area contributed by atoms with Crippen LogP contribution >= 0.6 is 0 Å². The summed E-state index contributed by atoms with van der Waals surface area (Å²) < 4.78 is 16.8. The van der Waals surface area contributed by atoms with Crippen LogP contribution in [0.4, 0.5) is 0 Å². The summed E-state index contributed by atoms with van der Waals surface area (Å²) in [6.45, 7) is 2.61. The largest absolute Gasteiger partial charge is 0.494 e. The number of rotatable bonds is 5. The minimum atomic E-state index is -0.387. The molecule has 6 nitrogen and oxygen atoms in total. The SMILES string of the molecule is CCOc1ccc(C2=NN3[C@@H](C2)c2ccccc2O[C@H]3c2ccc(C(=O)OC)cc2)cc1. The number of carbonyl (C=O) groups is 1. The van der Waals surface area contributed by atoms with Crippen molar-refractivity contribution in [2.75, 3.05) is 13.7 Å². The first-order valence-corrected chi connectivity index (χ1v) is 10.7. The number of hydrogen-bond donors (Lipinski definition) is 0. The Morgan fingerprint density at radius 3 is 2.53 bits per heavy atom. The molecule has 6 heteroatoms. The zero-order valence-electron chi connectivity index (χ0n) is 18.0. The molecule has 2 aliphatic heterocycles. The van der Waals surface area contributed by atoms with E-state index in [1.165, 1.54) is 7.11 Å². The van der Waals surface area contributed by atoms with Crippen LogP contribution in [0.2, 0.25) is 0 Å². The van der Waals surface area contributed by atoms with E-state index in [0.29, 0.717) is 12.2 Å². The van der Waals surface area contributed by atoms with Gasteiger partial charge < -0.3 is 14.2 Å². The second kappa shape index (κ2) is 8.38. The average molecular weight is 428 g/mol. The van der Waals surface area contributed by atoms with Gasteiger partial charge in [-0.15, -0.1) is 0 Å². The standard InChI is InChI=1S/C26H24N2O4/c1-3-31-20-14-12-17(13-15-20)22-16-23-21-6-4-5-7-24(21)32-25(28(23)27-22)18-8-10-19(11-9-18)26(29)30-2/h4-15,23,25H,3,16H2,1-2H3/t23-,25-/m0/s1. The molecule has 0 saturated carbocycles. The van der Waals surface area contributed by atoms with Crippen molar-refractivity contribution < 1.29 is 19.0 Å². The maximum atomic E-state index is 11.8. The Morgan fingerprint density at radius 2 is 1.81 bits per heavy atom. The first kappa shape index (κ1) is 20.1. The van der Waals surface area contributed by atoms with Crippen molar-refractivity contribution in [2.24, 2.45) is 5.10 Å². The van der Waals surface area contributed by atoms with E-state index < -0.39 is 0 Å². The molecule has 0 unspecified atom stereocenters. The lowest BCUT2D eigenvalue weighted by Crippen LogP contribution is -2.33. The quantitative estimate of drug-likeness (QED) is 0.528. The van der Waals surface area contributed by atoms with Crippen molar-refractivity contribution in [1.29, 1.82) is 0 Å². The van der Waals surface area contributed by atoms with Gasteiger partial charge in [0.1, 0.15) is 11.5 Å². The number of fused-ring (bicyclic) bond motifs is 3. The van der Waals surface area contributed by atoms with E-state index in [0.717, 1.165) is 40.3 Å². The molecule has 0 spiro atoms. The molecule has 2 aliphatic rings. The molecular formula is C26H24N2O4. The first-order valence-electron chi connectivity index (χ1n) is 10.7. The highest BCUT2D eigenvalue weighted by Gasteiger charge is 2.40. The van der Waals surface area contributed by atoms with Gasteiger partial charge in [-0.2, -0.15) is 5.10 Å². The maximum absolute atomic E-state index is 11.8. The second-order valence-electron chi connectivity index (χ2n) is 7.73. The van der Waals surface area contributed by atoms with Gasteiger partial charge in [0.15, 0.2) is 0 Å². The van der Waals surface area contributed by atoms with E-state index in [2.05, 4.69) is 18.2 Å². The molecule has 5 rings (SSSR count). The predicted octanol–water partition coefficient (Wildman–Crippen LogP) is 5.11. The third-order valence-electron chi connectivity index (χ3n) is 5.81. The van der Waals surface area contributed by atoms with Crippen LogP contribution in [0.15, 0.2) is 77.9 Å². The van der Waals surface area contributed by atoms with Gasteiger partial charge in [-0.25, -0.2) is 9.80 Å². The van der Waals surface area contributed by atoms with Crippen molar-refractivity contribution in [3.8, 4) is 11.5 Å². The van der Waals surface area contributed by atoms with Crippen molar-refractivity contribution >= 4 is 11.7 Å². The Bertz CT molecular complexity index is 1160. The minimum Gasteiger partial charge on any atom is -0.494 e. The molecule has 3 aromatic rings. The van der Waals surface area contributed by atoms with Crippen molar-refractivity contribution in [3.63, 3.8) is 0 Å². The number of para-hydroxylation sites is 1. The Morgan fingerprint density at radius 1 is 1.06 bits per heavy atom. The van der Waals surface area contributed by atoms with Crippen LogP contribution in [-0.2, 0) is 4.74 Å². The minimum absolute atomic E-state index is 0.0757. The van der Waals surface area contributed by atoms with Crippen LogP contribution in [0.5, 0.6) is 11.5 Å². The predicted molar refractivity (Wildman–Crippen MR) is 121 cm³/mol. The van der Waals surface area contributed by atoms with Gasteiger partial charge in [0, 0.05) is 17.5 Å². The van der Waals surface area contributed by atoms with Gasteiger partial charge in [0.2, 0.25) is 6.23 Å². The lowest BCUT2D eigenvalue weighted by Gasteiger charge is -2.38. The zero-order valence-corrected chi connectivity index (χ0v) is 18.0. The number of nitrogens with zero attached hydrogens (tertiary/aromatic N) is 2. The molecule has 0 fully saturated rings. The number of methoxy groups -OCH3 is 1. The third kappa shape index (κ3) is 3.58. The van der Waals surface area contributed by atoms with Gasteiger partial charge in [0.05, 0.1) is 31.0 Å².